The molecule has 10 nitrogen and oxygen atoms in total. The van der Waals surface area contributed by atoms with Crippen LogP contribution in [0.3, 0.4) is 0 Å². The number of ether oxygens (including phenoxy) is 1. The fraction of sp³-hybridized carbons (Fsp3) is 0.375. The molecule has 11 heteroatoms. The summed E-state index contributed by atoms with van der Waals surface area (Å²) in [5.74, 6) is 0.500. The van der Waals surface area contributed by atoms with Gasteiger partial charge in [0, 0.05) is 42.6 Å². The number of carbonyl (C=O) groups is 1. The quantitative estimate of drug-likeness (QED) is 0.427. The number of amides is 1. The van der Waals surface area contributed by atoms with Gasteiger partial charge in [-0.15, -0.1) is 0 Å². The molecule has 1 aromatic carbocycles. The van der Waals surface area contributed by atoms with Gasteiger partial charge in [0.05, 0.1) is 36.7 Å². The van der Waals surface area contributed by atoms with E-state index in [2.05, 4.69) is 20.2 Å². The standard InChI is InChI=1S/C24H24ClN7O3/c1-15-21(29-35-28-15)23(33)32-18-7-10-30(11-19(32)14-34-13-18)12-20-22(16-3-5-17(25)6-4-16)27-24-26-8-2-9-31(20)24/h2-6,8-9,18-19H,7,10-14H2,1H3. The number of rotatable bonds is 4. The largest absolute Gasteiger partial charge is 0.377 e. The van der Waals surface area contributed by atoms with Gasteiger partial charge in [-0.3, -0.25) is 14.1 Å². The van der Waals surface area contributed by atoms with E-state index >= 15 is 0 Å². The third-order valence-corrected chi connectivity index (χ3v) is 6.99. The highest BCUT2D eigenvalue weighted by molar-refractivity contribution is 6.30. The molecule has 3 aromatic heterocycles. The lowest BCUT2D eigenvalue weighted by molar-refractivity contribution is -0.0331. The smallest absolute Gasteiger partial charge is 0.278 e. The fourth-order valence-electron chi connectivity index (χ4n) is 5.04. The monoisotopic (exact) mass is 493 g/mol. The van der Waals surface area contributed by atoms with E-state index < -0.39 is 0 Å². The Bertz CT molecular complexity index is 1370. The van der Waals surface area contributed by atoms with Crippen molar-refractivity contribution >= 4 is 23.3 Å². The van der Waals surface area contributed by atoms with Crippen LogP contribution in [0.25, 0.3) is 17.0 Å². The van der Waals surface area contributed by atoms with Crippen LogP contribution in [0.2, 0.25) is 5.02 Å². The first-order valence-corrected chi connectivity index (χ1v) is 12.0. The number of aromatic nitrogens is 5. The van der Waals surface area contributed by atoms with Gasteiger partial charge in [0.25, 0.3) is 5.91 Å². The third-order valence-electron chi connectivity index (χ3n) is 6.74. The molecular weight excluding hydrogens is 470 g/mol. The molecule has 0 N–H and O–H groups in total. The number of fused-ring (bicyclic) bond motifs is 3. The summed E-state index contributed by atoms with van der Waals surface area (Å²) >= 11 is 6.12. The zero-order chi connectivity index (χ0) is 23.9. The van der Waals surface area contributed by atoms with Crippen molar-refractivity contribution in [3.8, 4) is 11.3 Å². The second-order valence-corrected chi connectivity index (χ2v) is 9.42. The van der Waals surface area contributed by atoms with Crippen molar-refractivity contribution in [3.63, 3.8) is 0 Å². The van der Waals surface area contributed by atoms with Crippen LogP contribution in [-0.4, -0.2) is 78.8 Å². The van der Waals surface area contributed by atoms with Gasteiger partial charge in [-0.05, 0) is 36.7 Å². The predicted octanol–water partition coefficient (Wildman–Crippen LogP) is 2.86. The van der Waals surface area contributed by atoms with Gasteiger partial charge in [0.1, 0.15) is 5.69 Å². The van der Waals surface area contributed by atoms with E-state index in [1.165, 1.54) is 0 Å². The van der Waals surface area contributed by atoms with Gasteiger partial charge < -0.3 is 9.64 Å². The Balaban J connectivity index is 1.32. The molecule has 35 heavy (non-hydrogen) atoms. The highest BCUT2D eigenvalue weighted by Crippen LogP contribution is 2.29. The molecule has 2 aliphatic rings. The maximum absolute atomic E-state index is 13.4. The molecule has 2 bridgehead atoms. The Hall–Kier alpha value is -3.34. The minimum Gasteiger partial charge on any atom is -0.377 e. The van der Waals surface area contributed by atoms with Crippen LogP contribution < -0.4 is 0 Å². The summed E-state index contributed by atoms with van der Waals surface area (Å²) in [4.78, 5) is 26.9. The van der Waals surface area contributed by atoms with Crippen LogP contribution >= 0.6 is 11.6 Å². The molecular formula is C24H24ClN7O3. The Morgan fingerprint density at radius 1 is 1.17 bits per heavy atom. The van der Waals surface area contributed by atoms with Crippen LogP contribution in [0.4, 0.5) is 0 Å². The average molecular weight is 494 g/mol. The SMILES string of the molecule is Cc1nonc1C(=O)N1C2CCN(Cc3c(-c4ccc(Cl)cc4)nc4ncccn34)CC1COC2. The molecule has 0 aliphatic carbocycles. The van der Waals surface area contributed by atoms with Gasteiger partial charge in [0.2, 0.25) is 5.78 Å². The Kier molecular flexibility index (Phi) is 5.71. The van der Waals surface area contributed by atoms with Gasteiger partial charge in [0.15, 0.2) is 5.69 Å². The van der Waals surface area contributed by atoms with E-state index in [-0.39, 0.29) is 23.7 Å². The van der Waals surface area contributed by atoms with E-state index in [1.54, 1.807) is 13.1 Å². The Morgan fingerprint density at radius 2 is 2.00 bits per heavy atom. The van der Waals surface area contributed by atoms with Crippen LogP contribution in [0.1, 0.15) is 28.3 Å². The maximum atomic E-state index is 13.4. The van der Waals surface area contributed by atoms with E-state index in [0.717, 1.165) is 29.9 Å². The number of imidazole rings is 1. The summed E-state index contributed by atoms with van der Waals surface area (Å²) < 4.78 is 12.7. The fourth-order valence-corrected chi connectivity index (χ4v) is 5.17. The van der Waals surface area contributed by atoms with Crippen molar-refractivity contribution in [2.75, 3.05) is 26.3 Å². The number of halogens is 1. The normalized spacial score (nSPS) is 20.8. The zero-order valence-electron chi connectivity index (χ0n) is 19.2. The lowest BCUT2D eigenvalue weighted by Crippen LogP contribution is -2.56. The molecule has 2 atom stereocenters. The summed E-state index contributed by atoms with van der Waals surface area (Å²) in [6.07, 6.45) is 4.52. The topological polar surface area (TPSA) is 102 Å². The molecule has 1 amide bonds. The highest BCUT2D eigenvalue weighted by atomic mass is 35.5. The Labute approximate surface area is 206 Å². The predicted molar refractivity (Wildman–Crippen MR) is 127 cm³/mol. The molecule has 0 radical (unpaired) electrons. The number of nitrogens with zero attached hydrogens (tertiary/aromatic N) is 7. The van der Waals surface area contributed by atoms with E-state index in [1.807, 2.05) is 45.8 Å². The van der Waals surface area contributed by atoms with Gasteiger partial charge >= 0.3 is 0 Å². The summed E-state index contributed by atoms with van der Waals surface area (Å²) in [7, 11) is 0. The third kappa shape index (κ3) is 4.07. The minimum absolute atomic E-state index is 0.0260. The van der Waals surface area contributed by atoms with E-state index in [9.17, 15) is 4.79 Å². The lowest BCUT2D eigenvalue weighted by atomic mass is 10.1. The van der Waals surface area contributed by atoms with Crippen molar-refractivity contribution in [2.45, 2.75) is 32.0 Å². The van der Waals surface area contributed by atoms with Gasteiger partial charge in [-0.1, -0.05) is 28.9 Å². The molecule has 0 spiro atoms. The molecule has 180 valence electrons. The molecule has 6 rings (SSSR count). The number of hydrogen-bond donors (Lipinski definition) is 0. The van der Waals surface area contributed by atoms with Gasteiger partial charge in [-0.2, -0.15) is 0 Å². The van der Waals surface area contributed by atoms with Crippen LogP contribution in [-0.2, 0) is 11.3 Å². The van der Waals surface area contributed by atoms with Crippen molar-refractivity contribution in [1.82, 2.24) is 34.5 Å². The number of hydrogen-bond acceptors (Lipinski definition) is 8. The molecule has 0 saturated carbocycles. The minimum atomic E-state index is -0.148. The molecule has 2 fully saturated rings. The average Bonchev–Trinajstić information content (AvgIpc) is 3.43. The first-order chi connectivity index (χ1) is 17.1. The number of morpholine rings is 1. The van der Waals surface area contributed by atoms with Crippen LogP contribution in [0.15, 0.2) is 47.4 Å². The second-order valence-electron chi connectivity index (χ2n) is 8.98. The van der Waals surface area contributed by atoms with Crippen LogP contribution in [0, 0.1) is 6.92 Å². The first-order valence-electron chi connectivity index (χ1n) is 11.6. The lowest BCUT2D eigenvalue weighted by Gasteiger charge is -2.40. The Morgan fingerprint density at radius 3 is 2.80 bits per heavy atom. The summed E-state index contributed by atoms with van der Waals surface area (Å²) in [5.41, 5.74) is 3.68. The highest BCUT2D eigenvalue weighted by Gasteiger charge is 2.40. The van der Waals surface area contributed by atoms with Gasteiger partial charge in [-0.25, -0.2) is 14.6 Å². The van der Waals surface area contributed by atoms with Crippen molar-refractivity contribution in [1.29, 1.82) is 0 Å². The van der Waals surface area contributed by atoms with Crippen LogP contribution in [0.5, 0.6) is 0 Å². The molecule has 2 aliphatic heterocycles. The molecule has 2 saturated heterocycles. The first kappa shape index (κ1) is 22.1. The number of aryl methyl sites for hydroxylation is 1. The van der Waals surface area contributed by atoms with E-state index in [0.29, 0.717) is 42.8 Å². The van der Waals surface area contributed by atoms with Crippen molar-refractivity contribution in [2.24, 2.45) is 0 Å². The zero-order valence-corrected chi connectivity index (χ0v) is 19.9. The second kappa shape index (κ2) is 9.03. The molecule has 4 aromatic rings. The summed E-state index contributed by atoms with van der Waals surface area (Å²) in [5, 5.41) is 8.32. The number of benzene rings is 1. The van der Waals surface area contributed by atoms with Crippen molar-refractivity contribution in [3.05, 3.63) is 64.8 Å². The molecule has 5 heterocycles. The maximum Gasteiger partial charge on any atom is 0.278 e. The number of carbonyl (C=O) groups excluding carboxylic acids is 1. The van der Waals surface area contributed by atoms with E-state index in [4.69, 9.17) is 26.0 Å². The summed E-state index contributed by atoms with van der Waals surface area (Å²) in [6, 6.07) is 9.47. The molecule has 2 unspecified atom stereocenters. The van der Waals surface area contributed by atoms with Crippen molar-refractivity contribution < 1.29 is 14.2 Å². The summed E-state index contributed by atoms with van der Waals surface area (Å²) in [6.45, 7) is 4.85.